The Morgan fingerprint density at radius 3 is 2.39 bits per heavy atom. The minimum Gasteiger partial charge on any atom is -0.445 e. The first-order valence-electron chi connectivity index (χ1n) is 5.53. The Labute approximate surface area is 106 Å². The standard InChI is InChI=1S/C12H17N3O3/c1-13-7-11(16)15-10-5-3-9(4-6-10)8-18-12(17)14-2/h3-6,13H,7-8H2,1-2H3,(H,14,17)(H,15,16). The summed E-state index contributed by atoms with van der Waals surface area (Å²) in [5.41, 5.74) is 1.56. The van der Waals surface area contributed by atoms with Crippen LogP contribution in [0, 0.1) is 0 Å². The van der Waals surface area contributed by atoms with Crippen molar-refractivity contribution >= 4 is 17.7 Å². The van der Waals surface area contributed by atoms with Crippen LogP contribution >= 0.6 is 0 Å². The van der Waals surface area contributed by atoms with Crippen LogP contribution in [0.1, 0.15) is 5.56 Å². The molecule has 0 fully saturated rings. The second-order valence-electron chi connectivity index (χ2n) is 3.60. The van der Waals surface area contributed by atoms with Crippen LogP contribution < -0.4 is 16.0 Å². The Balaban J connectivity index is 2.47. The van der Waals surface area contributed by atoms with Gasteiger partial charge in [-0.3, -0.25) is 4.79 Å². The van der Waals surface area contributed by atoms with Crippen LogP contribution in [-0.2, 0) is 16.1 Å². The van der Waals surface area contributed by atoms with Gasteiger partial charge < -0.3 is 20.7 Å². The van der Waals surface area contributed by atoms with Crippen LogP contribution in [0.3, 0.4) is 0 Å². The van der Waals surface area contributed by atoms with Crippen molar-refractivity contribution in [3.63, 3.8) is 0 Å². The molecule has 0 radical (unpaired) electrons. The molecule has 98 valence electrons. The fraction of sp³-hybridized carbons (Fsp3) is 0.333. The maximum atomic E-state index is 11.3. The Bertz CT molecular complexity index is 404. The number of ether oxygens (including phenoxy) is 1. The molecule has 2 amide bonds. The van der Waals surface area contributed by atoms with E-state index >= 15 is 0 Å². The van der Waals surface area contributed by atoms with Gasteiger partial charge in [-0.2, -0.15) is 0 Å². The van der Waals surface area contributed by atoms with Crippen LogP contribution in [0.15, 0.2) is 24.3 Å². The molecule has 1 rings (SSSR count). The zero-order valence-corrected chi connectivity index (χ0v) is 10.4. The molecule has 0 aliphatic carbocycles. The number of anilines is 1. The second-order valence-corrected chi connectivity index (χ2v) is 3.60. The van der Waals surface area contributed by atoms with E-state index in [1.807, 2.05) is 0 Å². The van der Waals surface area contributed by atoms with Gasteiger partial charge in [0.25, 0.3) is 0 Å². The SMILES string of the molecule is CNCC(=O)Nc1ccc(COC(=O)NC)cc1. The van der Waals surface area contributed by atoms with Crippen molar-refractivity contribution in [1.82, 2.24) is 10.6 Å². The van der Waals surface area contributed by atoms with Crippen molar-refractivity contribution in [1.29, 1.82) is 0 Å². The van der Waals surface area contributed by atoms with Gasteiger partial charge in [0.15, 0.2) is 0 Å². The highest BCUT2D eigenvalue weighted by Crippen LogP contribution is 2.10. The van der Waals surface area contributed by atoms with Crippen LogP contribution in [0.25, 0.3) is 0 Å². The molecule has 1 aromatic carbocycles. The highest BCUT2D eigenvalue weighted by Gasteiger charge is 2.02. The Morgan fingerprint density at radius 2 is 1.83 bits per heavy atom. The summed E-state index contributed by atoms with van der Waals surface area (Å²) in [6, 6.07) is 7.10. The van der Waals surface area contributed by atoms with Gasteiger partial charge in [-0.05, 0) is 24.7 Å². The number of carbonyl (C=O) groups excluding carboxylic acids is 2. The first-order chi connectivity index (χ1) is 8.65. The van der Waals surface area contributed by atoms with E-state index in [1.165, 1.54) is 7.05 Å². The molecular formula is C12H17N3O3. The van der Waals surface area contributed by atoms with E-state index in [-0.39, 0.29) is 19.1 Å². The van der Waals surface area contributed by atoms with E-state index in [9.17, 15) is 9.59 Å². The van der Waals surface area contributed by atoms with Crippen LogP contribution in [0.2, 0.25) is 0 Å². The lowest BCUT2D eigenvalue weighted by Gasteiger charge is -2.07. The normalized spacial score (nSPS) is 9.67. The third kappa shape index (κ3) is 4.84. The number of carbonyl (C=O) groups is 2. The summed E-state index contributed by atoms with van der Waals surface area (Å²) < 4.78 is 4.89. The van der Waals surface area contributed by atoms with Gasteiger partial charge in [0.1, 0.15) is 6.61 Å². The summed E-state index contributed by atoms with van der Waals surface area (Å²) in [4.78, 5) is 22.2. The lowest BCUT2D eigenvalue weighted by Crippen LogP contribution is -2.25. The number of likely N-dealkylation sites (N-methyl/N-ethyl adjacent to an activating group) is 1. The minimum atomic E-state index is -0.471. The highest BCUT2D eigenvalue weighted by molar-refractivity contribution is 5.92. The molecule has 0 atom stereocenters. The molecule has 6 nitrogen and oxygen atoms in total. The van der Waals surface area contributed by atoms with Crippen molar-refractivity contribution in [3.05, 3.63) is 29.8 Å². The number of benzene rings is 1. The number of hydrogen-bond donors (Lipinski definition) is 3. The van der Waals surface area contributed by atoms with Crippen molar-refractivity contribution in [2.45, 2.75) is 6.61 Å². The lowest BCUT2D eigenvalue weighted by atomic mass is 10.2. The average molecular weight is 251 g/mol. The Kier molecular flexibility index (Phi) is 5.66. The van der Waals surface area contributed by atoms with Gasteiger partial charge in [-0.25, -0.2) is 4.79 Å². The number of amides is 2. The Morgan fingerprint density at radius 1 is 1.17 bits per heavy atom. The minimum absolute atomic E-state index is 0.105. The lowest BCUT2D eigenvalue weighted by molar-refractivity contribution is -0.115. The summed E-state index contributed by atoms with van der Waals surface area (Å²) in [6.45, 7) is 0.464. The molecule has 0 bridgehead atoms. The van der Waals surface area contributed by atoms with E-state index in [4.69, 9.17) is 4.74 Å². The molecule has 0 unspecified atom stereocenters. The predicted molar refractivity (Wildman–Crippen MR) is 68.2 cm³/mol. The fourth-order valence-electron chi connectivity index (χ4n) is 1.27. The molecule has 0 aliphatic rings. The predicted octanol–water partition coefficient (Wildman–Crippen LogP) is 0.700. The Hall–Kier alpha value is -2.08. The van der Waals surface area contributed by atoms with E-state index < -0.39 is 6.09 Å². The number of alkyl carbamates (subject to hydrolysis) is 1. The van der Waals surface area contributed by atoms with E-state index in [0.29, 0.717) is 5.69 Å². The number of nitrogens with one attached hydrogen (secondary N) is 3. The fourth-order valence-corrected chi connectivity index (χ4v) is 1.27. The zero-order chi connectivity index (χ0) is 13.4. The molecule has 0 saturated carbocycles. The molecule has 0 spiro atoms. The molecule has 0 heterocycles. The monoisotopic (exact) mass is 251 g/mol. The molecule has 0 aliphatic heterocycles. The van der Waals surface area contributed by atoms with Crippen molar-refractivity contribution in [3.8, 4) is 0 Å². The summed E-state index contributed by atoms with van der Waals surface area (Å²) in [7, 11) is 3.21. The maximum Gasteiger partial charge on any atom is 0.407 e. The molecule has 18 heavy (non-hydrogen) atoms. The molecular weight excluding hydrogens is 234 g/mol. The number of hydrogen-bond acceptors (Lipinski definition) is 4. The largest absolute Gasteiger partial charge is 0.445 e. The molecule has 3 N–H and O–H groups in total. The summed E-state index contributed by atoms with van der Waals surface area (Å²) in [6.07, 6.45) is -0.471. The van der Waals surface area contributed by atoms with Crippen LogP contribution in [-0.4, -0.2) is 32.6 Å². The molecule has 1 aromatic rings. The first-order valence-corrected chi connectivity index (χ1v) is 5.53. The smallest absolute Gasteiger partial charge is 0.407 e. The molecule has 6 heteroatoms. The van der Waals surface area contributed by atoms with Crippen molar-refractivity contribution in [2.75, 3.05) is 26.0 Å². The van der Waals surface area contributed by atoms with Gasteiger partial charge in [0, 0.05) is 12.7 Å². The van der Waals surface area contributed by atoms with Gasteiger partial charge in [0.2, 0.25) is 5.91 Å². The zero-order valence-electron chi connectivity index (χ0n) is 10.4. The third-order valence-electron chi connectivity index (χ3n) is 2.15. The quantitative estimate of drug-likeness (QED) is 0.719. The summed E-state index contributed by atoms with van der Waals surface area (Å²) in [5.74, 6) is -0.105. The van der Waals surface area contributed by atoms with Crippen molar-refractivity contribution < 1.29 is 14.3 Å². The summed E-state index contributed by atoms with van der Waals surface area (Å²) >= 11 is 0. The van der Waals surface area contributed by atoms with E-state index in [2.05, 4.69) is 16.0 Å². The summed E-state index contributed by atoms with van der Waals surface area (Å²) in [5, 5.41) is 7.85. The van der Waals surface area contributed by atoms with Crippen LogP contribution in [0.4, 0.5) is 10.5 Å². The van der Waals surface area contributed by atoms with Gasteiger partial charge in [-0.1, -0.05) is 12.1 Å². The third-order valence-corrected chi connectivity index (χ3v) is 2.15. The average Bonchev–Trinajstić information content (AvgIpc) is 2.37. The molecule has 0 aromatic heterocycles. The van der Waals surface area contributed by atoms with Gasteiger partial charge >= 0.3 is 6.09 Å². The molecule has 0 saturated heterocycles. The highest BCUT2D eigenvalue weighted by atomic mass is 16.5. The second kappa shape index (κ2) is 7.29. The number of rotatable bonds is 5. The van der Waals surface area contributed by atoms with Gasteiger partial charge in [-0.15, -0.1) is 0 Å². The van der Waals surface area contributed by atoms with Gasteiger partial charge in [0.05, 0.1) is 6.54 Å². The first kappa shape index (κ1) is 14.0. The van der Waals surface area contributed by atoms with Crippen LogP contribution in [0.5, 0.6) is 0 Å². The van der Waals surface area contributed by atoms with Crippen molar-refractivity contribution in [2.24, 2.45) is 0 Å². The van der Waals surface area contributed by atoms with E-state index in [1.54, 1.807) is 31.3 Å². The van der Waals surface area contributed by atoms with E-state index in [0.717, 1.165) is 5.56 Å². The topological polar surface area (TPSA) is 79.5 Å². The maximum absolute atomic E-state index is 11.3.